The smallest absolute Gasteiger partial charge is 0.330 e. The molecule has 1 fully saturated rings. The van der Waals surface area contributed by atoms with E-state index in [1.54, 1.807) is 49.4 Å². The van der Waals surface area contributed by atoms with Crippen LogP contribution in [0, 0.1) is 5.41 Å². The molecule has 0 unspecified atom stereocenters. The Morgan fingerprint density at radius 2 is 1.79 bits per heavy atom. The zero-order valence-electron chi connectivity index (χ0n) is 24.1. The van der Waals surface area contributed by atoms with E-state index in [-0.39, 0.29) is 30.0 Å². The van der Waals surface area contributed by atoms with E-state index in [0.29, 0.717) is 23.3 Å². The van der Waals surface area contributed by atoms with Gasteiger partial charge in [-0.25, -0.2) is 17.9 Å². The van der Waals surface area contributed by atoms with Crippen LogP contribution in [-0.4, -0.2) is 58.7 Å². The van der Waals surface area contributed by atoms with E-state index in [1.807, 2.05) is 24.3 Å². The molecule has 228 valence electrons. The molecule has 1 saturated heterocycles. The molecule has 3 aromatic rings. The number of esters is 1. The number of nitrogens with two attached hydrogens (primary N) is 1. The van der Waals surface area contributed by atoms with Gasteiger partial charge in [-0.1, -0.05) is 36.4 Å². The molecule has 0 aromatic heterocycles. The Hall–Kier alpha value is -4.19. The molecule has 0 spiro atoms. The molecule has 0 bridgehead atoms. The monoisotopic (exact) mass is 606 g/mol. The Morgan fingerprint density at radius 1 is 1.07 bits per heavy atom. The molecule has 1 heterocycles. The van der Waals surface area contributed by atoms with Crippen molar-refractivity contribution in [2.24, 2.45) is 5.73 Å². The second-order valence-electron chi connectivity index (χ2n) is 10.1. The predicted molar refractivity (Wildman–Crippen MR) is 166 cm³/mol. The fourth-order valence-electron chi connectivity index (χ4n) is 4.58. The van der Waals surface area contributed by atoms with Gasteiger partial charge in [0, 0.05) is 11.6 Å². The van der Waals surface area contributed by atoms with Crippen LogP contribution in [0.4, 0.5) is 0 Å². The topological polar surface area (TPSA) is 153 Å². The summed E-state index contributed by atoms with van der Waals surface area (Å²) in [4.78, 5) is 11.7. The Kier molecular flexibility index (Phi) is 11.3. The van der Waals surface area contributed by atoms with Gasteiger partial charge in [0.05, 0.1) is 17.5 Å². The standard InChI is InChI=1S/C32H38N4O6S/c1-2-40-31(37)15-10-23-8-13-30(14-9-23)43(38,39)36-26(22-41-29-5-3-4-25(21-29)32(33)34)20-24-6-11-27(12-7-24)42-28-16-18-35-19-17-28/h3-15,21,26,28,35-36H,2,16-20,22H2,1H3,(H3,33,34)/b15-10+/t26-/m0/s1. The Morgan fingerprint density at radius 3 is 2.47 bits per heavy atom. The van der Waals surface area contributed by atoms with Crippen molar-refractivity contribution in [3.05, 3.63) is 95.6 Å². The molecule has 0 aliphatic carbocycles. The first-order chi connectivity index (χ1) is 20.7. The minimum Gasteiger partial charge on any atom is -0.492 e. The van der Waals surface area contributed by atoms with E-state index >= 15 is 0 Å². The molecule has 11 heteroatoms. The quantitative estimate of drug-likeness (QED) is 0.0939. The molecular weight excluding hydrogens is 568 g/mol. The highest BCUT2D eigenvalue weighted by molar-refractivity contribution is 7.89. The third-order valence-electron chi connectivity index (χ3n) is 6.80. The van der Waals surface area contributed by atoms with Crippen molar-refractivity contribution in [1.82, 2.24) is 10.0 Å². The second kappa shape index (κ2) is 15.3. The van der Waals surface area contributed by atoms with Crippen LogP contribution in [-0.2, 0) is 26.0 Å². The highest BCUT2D eigenvalue weighted by Gasteiger charge is 2.22. The van der Waals surface area contributed by atoms with Gasteiger partial charge in [-0.3, -0.25) is 5.41 Å². The van der Waals surface area contributed by atoms with E-state index in [0.717, 1.165) is 37.2 Å². The number of nitrogen functional groups attached to an aromatic ring is 1. The van der Waals surface area contributed by atoms with Gasteiger partial charge in [-0.2, -0.15) is 0 Å². The van der Waals surface area contributed by atoms with E-state index in [4.69, 9.17) is 25.4 Å². The van der Waals surface area contributed by atoms with Crippen molar-refractivity contribution < 1.29 is 27.4 Å². The summed E-state index contributed by atoms with van der Waals surface area (Å²) in [6.07, 6.45) is 5.30. The number of ether oxygens (including phenoxy) is 3. The minimum absolute atomic E-state index is 0.0360. The van der Waals surface area contributed by atoms with Crippen molar-refractivity contribution in [1.29, 1.82) is 5.41 Å². The zero-order chi connectivity index (χ0) is 30.7. The maximum absolute atomic E-state index is 13.4. The first-order valence-corrected chi connectivity index (χ1v) is 15.7. The fourth-order valence-corrected chi connectivity index (χ4v) is 5.80. The molecule has 10 nitrogen and oxygen atoms in total. The van der Waals surface area contributed by atoms with E-state index < -0.39 is 22.0 Å². The van der Waals surface area contributed by atoms with Crippen LogP contribution < -0.4 is 25.2 Å². The maximum Gasteiger partial charge on any atom is 0.330 e. The van der Waals surface area contributed by atoms with Crippen molar-refractivity contribution in [2.75, 3.05) is 26.3 Å². The van der Waals surface area contributed by atoms with Gasteiger partial charge in [0.1, 0.15) is 30.0 Å². The molecule has 0 saturated carbocycles. The average Bonchev–Trinajstić information content (AvgIpc) is 3.01. The molecule has 43 heavy (non-hydrogen) atoms. The third-order valence-corrected chi connectivity index (χ3v) is 8.34. The Bertz CT molecular complexity index is 1500. The summed E-state index contributed by atoms with van der Waals surface area (Å²) in [5, 5.41) is 11.0. The molecule has 1 atom stereocenters. The lowest BCUT2D eigenvalue weighted by atomic mass is 10.1. The summed E-state index contributed by atoms with van der Waals surface area (Å²) in [7, 11) is -3.92. The molecule has 1 aliphatic heterocycles. The first kappa shape index (κ1) is 31.7. The normalized spacial score (nSPS) is 14.7. The lowest BCUT2D eigenvalue weighted by Crippen LogP contribution is -2.40. The van der Waals surface area contributed by atoms with Gasteiger partial charge < -0.3 is 25.3 Å². The van der Waals surface area contributed by atoms with Crippen LogP contribution in [0.2, 0.25) is 0 Å². The van der Waals surface area contributed by atoms with E-state index in [2.05, 4.69) is 10.0 Å². The number of benzene rings is 3. The number of sulfonamides is 1. The number of rotatable bonds is 14. The molecule has 5 N–H and O–H groups in total. The van der Waals surface area contributed by atoms with Crippen molar-refractivity contribution in [3.8, 4) is 11.5 Å². The number of hydrogen-bond acceptors (Lipinski definition) is 8. The Labute approximate surface area is 252 Å². The zero-order valence-corrected chi connectivity index (χ0v) is 24.9. The van der Waals surface area contributed by atoms with Gasteiger partial charge in [0.25, 0.3) is 0 Å². The Balaban J connectivity index is 1.47. The number of amidine groups is 1. The summed E-state index contributed by atoms with van der Waals surface area (Å²) < 4.78 is 46.5. The lowest BCUT2D eigenvalue weighted by Gasteiger charge is -2.24. The highest BCUT2D eigenvalue weighted by Crippen LogP contribution is 2.20. The van der Waals surface area contributed by atoms with Crippen LogP contribution in [0.15, 0.2) is 83.8 Å². The molecule has 0 amide bonds. The van der Waals surface area contributed by atoms with Crippen LogP contribution >= 0.6 is 0 Å². The van der Waals surface area contributed by atoms with Crippen LogP contribution in [0.5, 0.6) is 11.5 Å². The fraction of sp³-hybridized carbons (Fsp3) is 0.312. The largest absolute Gasteiger partial charge is 0.492 e. The molecule has 4 rings (SSSR count). The number of nitrogens with one attached hydrogen (secondary N) is 3. The summed E-state index contributed by atoms with van der Waals surface area (Å²) in [5.74, 6) is 0.695. The SMILES string of the molecule is CCOC(=O)/C=C/c1ccc(S(=O)(=O)N[C@H](COc2cccc(C(=N)N)c2)Cc2ccc(OC3CCNCC3)cc2)cc1. The van der Waals surface area contributed by atoms with Gasteiger partial charge >= 0.3 is 5.97 Å². The van der Waals surface area contributed by atoms with E-state index in [9.17, 15) is 13.2 Å². The number of carbonyl (C=O) groups is 1. The van der Waals surface area contributed by atoms with Crippen molar-refractivity contribution in [3.63, 3.8) is 0 Å². The third kappa shape index (κ3) is 9.95. The lowest BCUT2D eigenvalue weighted by molar-refractivity contribution is -0.137. The van der Waals surface area contributed by atoms with Gasteiger partial charge in [0.15, 0.2) is 0 Å². The molecule has 1 aliphatic rings. The van der Waals surface area contributed by atoms with Crippen LogP contribution in [0.1, 0.15) is 36.5 Å². The van der Waals surface area contributed by atoms with Crippen LogP contribution in [0.25, 0.3) is 6.08 Å². The second-order valence-corrected chi connectivity index (χ2v) is 11.9. The molecule has 0 radical (unpaired) electrons. The summed E-state index contributed by atoms with van der Waals surface area (Å²) in [5.41, 5.74) is 7.69. The maximum atomic E-state index is 13.4. The van der Waals surface area contributed by atoms with Gasteiger partial charge in [0.2, 0.25) is 10.0 Å². The first-order valence-electron chi connectivity index (χ1n) is 14.2. The molecule has 3 aromatic carbocycles. The molecular formula is C32H38N4O6S. The van der Waals surface area contributed by atoms with Crippen molar-refractivity contribution >= 4 is 27.9 Å². The summed E-state index contributed by atoms with van der Waals surface area (Å²) in [6, 6.07) is 20.0. The van der Waals surface area contributed by atoms with Gasteiger partial charge in [-0.15, -0.1) is 0 Å². The number of carbonyl (C=O) groups excluding carboxylic acids is 1. The number of piperidine rings is 1. The van der Waals surface area contributed by atoms with E-state index in [1.165, 1.54) is 18.2 Å². The number of hydrogen-bond donors (Lipinski definition) is 4. The van der Waals surface area contributed by atoms with Crippen molar-refractivity contribution in [2.45, 2.75) is 43.2 Å². The van der Waals surface area contributed by atoms with Crippen LogP contribution in [0.3, 0.4) is 0 Å². The summed E-state index contributed by atoms with van der Waals surface area (Å²) in [6.45, 7) is 3.91. The predicted octanol–water partition coefficient (Wildman–Crippen LogP) is 3.65. The highest BCUT2D eigenvalue weighted by atomic mass is 32.2. The average molecular weight is 607 g/mol. The van der Waals surface area contributed by atoms with Gasteiger partial charge in [-0.05, 0) is 92.9 Å². The minimum atomic E-state index is -3.92. The summed E-state index contributed by atoms with van der Waals surface area (Å²) >= 11 is 0.